The third-order valence-electron chi connectivity index (χ3n) is 4.50. The topological polar surface area (TPSA) is 62.7 Å². The standard InChI is InChI=1S/C20H24N2O3/c23-19-8-2-1-6-17(19)14-22(15-18-7-4-12-25-18)20(24)10-9-16-5-3-11-21-13-16/h1-3,5-6,8,11,13,18,23H,4,7,9-10,12,14-15H2. The number of aromatic nitrogens is 1. The summed E-state index contributed by atoms with van der Waals surface area (Å²) in [5, 5.41) is 10.0. The van der Waals surface area contributed by atoms with Crippen molar-refractivity contribution in [2.24, 2.45) is 0 Å². The van der Waals surface area contributed by atoms with E-state index in [1.807, 2.05) is 24.3 Å². The molecule has 1 aromatic heterocycles. The van der Waals surface area contributed by atoms with Gasteiger partial charge < -0.3 is 14.7 Å². The summed E-state index contributed by atoms with van der Waals surface area (Å²) in [7, 11) is 0. The summed E-state index contributed by atoms with van der Waals surface area (Å²) in [6.45, 7) is 1.73. The number of amides is 1. The lowest BCUT2D eigenvalue weighted by Crippen LogP contribution is -2.37. The van der Waals surface area contributed by atoms with Crippen LogP contribution in [0.1, 0.15) is 30.4 Å². The predicted octanol–water partition coefficient (Wildman–Crippen LogP) is 2.93. The zero-order chi connectivity index (χ0) is 17.5. The minimum Gasteiger partial charge on any atom is -0.508 e. The normalized spacial score (nSPS) is 16.7. The molecular formula is C20H24N2O3. The lowest BCUT2D eigenvalue weighted by Gasteiger charge is -2.26. The minimum atomic E-state index is 0.0719. The average molecular weight is 340 g/mol. The van der Waals surface area contributed by atoms with Crippen LogP contribution in [0.15, 0.2) is 48.8 Å². The van der Waals surface area contributed by atoms with Gasteiger partial charge in [0.2, 0.25) is 5.91 Å². The first-order valence-electron chi connectivity index (χ1n) is 8.77. The van der Waals surface area contributed by atoms with Crippen molar-refractivity contribution in [2.45, 2.75) is 38.3 Å². The number of rotatable bonds is 7. The van der Waals surface area contributed by atoms with Crippen molar-refractivity contribution < 1.29 is 14.6 Å². The summed E-state index contributed by atoms with van der Waals surface area (Å²) in [4.78, 5) is 18.7. The van der Waals surface area contributed by atoms with E-state index in [0.717, 1.165) is 30.6 Å². The van der Waals surface area contributed by atoms with Gasteiger partial charge in [-0.1, -0.05) is 24.3 Å². The zero-order valence-electron chi connectivity index (χ0n) is 14.3. The second kappa shape index (κ2) is 8.62. The van der Waals surface area contributed by atoms with Gasteiger partial charge in [-0.2, -0.15) is 0 Å². The fourth-order valence-electron chi connectivity index (χ4n) is 3.09. The molecule has 1 unspecified atom stereocenters. The molecule has 0 saturated carbocycles. The van der Waals surface area contributed by atoms with Crippen LogP contribution >= 0.6 is 0 Å². The highest BCUT2D eigenvalue weighted by Gasteiger charge is 2.23. The number of benzene rings is 1. The third-order valence-corrected chi connectivity index (χ3v) is 4.50. The molecule has 1 aliphatic heterocycles. The molecule has 2 heterocycles. The van der Waals surface area contributed by atoms with E-state index < -0.39 is 0 Å². The summed E-state index contributed by atoms with van der Waals surface area (Å²) < 4.78 is 5.70. The number of nitrogens with zero attached hydrogens (tertiary/aromatic N) is 2. The van der Waals surface area contributed by atoms with Gasteiger partial charge in [0, 0.05) is 44.1 Å². The number of ether oxygens (including phenoxy) is 1. The van der Waals surface area contributed by atoms with Gasteiger partial charge in [0.05, 0.1) is 6.10 Å². The average Bonchev–Trinajstić information content (AvgIpc) is 3.15. The van der Waals surface area contributed by atoms with Crippen LogP contribution in [-0.2, 0) is 22.5 Å². The first-order chi connectivity index (χ1) is 12.2. The molecule has 0 aliphatic carbocycles. The quantitative estimate of drug-likeness (QED) is 0.842. The Morgan fingerprint density at radius 2 is 2.16 bits per heavy atom. The highest BCUT2D eigenvalue weighted by atomic mass is 16.5. The monoisotopic (exact) mass is 340 g/mol. The molecule has 0 bridgehead atoms. The maximum Gasteiger partial charge on any atom is 0.223 e. The summed E-state index contributed by atoms with van der Waals surface area (Å²) in [6, 6.07) is 11.0. The molecule has 1 aromatic carbocycles. The van der Waals surface area contributed by atoms with E-state index >= 15 is 0 Å². The number of phenolic OH excluding ortho intramolecular Hbond substituents is 1. The van der Waals surface area contributed by atoms with E-state index in [9.17, 15) is 9.90 Å². The molecule has 3 rings (SSSR count). The van der Waals surface area contributed by atoms with Gasteiger partial charge in [-0.05, 0) is 37.0 Å². The Morgan fingerprint density at radius 3 is 2.88 bits per heavy atom. The molecule has 1 aliphatic rings. The summed E-state index contributed by atoms with van der Waals surface area (Å²) in [5.41, 5.74) is 1.81. The molecule has 1 N–H and O–H groups in total. The van der Waals surface area contributed by atoms with Crippen molar-refractivity contribution in [2.75, 3.05) is 13.2 Å². The Hall–Kier alpha value is -2.40. The number of pyridine rings is 1. The highest BCUT2D eigenvalue weighted by molar-refractivity contribution is 5.76. The van der Waals surface area contributed by atoms with E-state index in [2.05, 4.69) is 4.98 Å². The fraction of sp³-hybridized carbons (Fsp3) is 0.400. The van der Waals surface area contributed by atoms with Crippen molar-refractivity contribution in [1.29, 1.82) is 0 Å². The van der Waals surface area contributed by atoms with E-state index in [1.165, 1.54) is 0 Å². The second-order valence-electron chi connectivity index (χ2n) is 6.40. The third kappa shape index (κ3) is 5.03. The smallest absolute Gasteiger partial charge is 0.223 e. The number of hydrogen-bond donors (Lipinski definition) is 1. The van der Waals surface area contributed by atoms with Gasteiger partial charge >= 0.3 is 0 Å². The lowest BCUT2D eigenvalue weighted by molar-refractivity contribution is -0.133. The fourth-order valence-corrected chi connectivity index (χ4v) is 3.09. The van der Waals surface area contributed by atoms with Crippen LogP contribution in [0.4, 0.5) is 0 Å². The Labute approximate surface area is 148 Å². The number of hydrogen-bond acceptors (Lipinski definition) is 4. The SMILES string of the molecule is O=C(CCc1cccnc1)N(Cc1ccccc1O)CC1CCCO1. The summed E-state index contributed by atoms with van der Waals surface area (Å²) in [6.07, 6.45) is 6.72. The summed E-state index contributed by atoms with van der Waals surface area (Å²) in [5.74, 6) is 0.294. The van der Waals surface area contributed by atoms with Gasteiger partial charge in [0.15, 0.2) is 0 Å². The van der Waals surface area contributed by atoms with E-state index in [-0.39, 0.29) is 17.8 Å². The van der Waals surface area contributed by atoms with Crippen LogP contribution in [-0.4, -0.2) is 40.2 Å². The molecule has 0 radical (unpaired) electrons. The van der Waals surface area contributed by atoms with Crippen LogP contribution < -0.4 is 0 Å². The number of phenols is 1. The van der Waals surface area contributed by atoms with Crippen LogP contribution in [0.25, 0.3) is 0 Å². The van der Waals surface area contributed by atoms with Crippen LogP contribution in [0.3, 0.4) is 0 Å². The molecule has 5 nitrogen and oxygen atoms in total. The maximum absolute atomic E-state index is 12.8. The van der Waals surface area contributed by atoms with Crippen molar-refractivity contribution in [3.05, 3.63) is 59.9 Å². The molecule has 1 amide bonds. The number of para-hydroxylation sites is 1. The molecule has 1 fully saturated rings. The molecule has 0 spiro atoms. The van der Waals surface area contributed by atoms with Crippen LogP contribution in [0.2, 0.25) is 0 Å². The first-order valence-corrected chi connectivity index (χ1v) is 8.77. The van der Waals surface area contributed by atoms with Crippen molar-refractivity contribution in [3.63, 3.8) is 0 Å². The van der Waals surface area contributed by atoms with Gasteiger partial charge in [0.25, 0.3) is 0 Å². The van der Waals surface area contributed by atoms with Crippen molar-refractivity contribution in [3.8, 4) is 5.75 Å². The van der Waals surface area contributed by atoms with E-state index in [1.54, 1.807) is 29.4 Å². The maximum atomic E-state index is 12.8. The second-order valence-corrected chi connectivity index (χ2v) is 6.40. The van der Waals surface area contributed by atoms with E-state index in [0.29, 0.717) is 25.9 Å². The molecule has 2 aromatic rings. The van der Waals surface area contributed by atoms with Crippen LogP contribution in [0, 0.1) is 0 Å². The Bertz CT molecular complexity index is 684. The molecule has 132 valence electrons. The molecule has 1 saturated heterocycles. The molecular weight excluding hydrogens is 316 g/mol. The van der Waals surface area contributed by atoms with Crippen molar-refractivity contribution >= 4 is 5.91 Å². The Morgan fingerprint density at radius 1 is 1.28 bits per heavy atom. The zero-order valence-corrected chi connectivity index (χ0v) is 14.3. The predicted molar refractivity (Wildman–Crippen MR) is 95.1 cm³/mol. The number of carbonyl (C=O) groups is 1. The van der Waals surface area contributed by atoms with Crippen molar-refractivity contribution in [1.82, 2.24) is 9.88 Å². The van der Waals surface area contributed by atoms with Gasteiger partial charge in [-0.15, -0.1) is 0 Å². The Balaban J connectivity index is 1.66. The number of aryl methyl sites for hydroxylation is 1. The van der Waals surface area contributed by atoms with Gasteiger partial charge in [-0.3, -0.25) is 9.78 Å². The van der Waals surface area contributed by atoms with E-state index in [4.69, 9.17) is 4.74 Å². The molecule has 5 heteroatoms. The minimum absolute atomic E-state index is 0.0719. The largest absolute Gasteiger partial charge is 0.508 e. The van der Waals surface area contributed by atoms with Crippen LogP contribution in [0.5, 0.6) is 5.75 Å². The number of carbonyl (C=O) groups excluding carboxylic acids is 1. The Kier molecular flexibility index (Phi) is 6.01. The molecule has 1 atom stereocenters. The first kappa shape index (κ1) is 17.4. The lowest BCUT2D eigenvalue weighted by atomic mass is 10.1. The van der Waals surface area contributed by atoms with Gasteiger partial charge in [-0.25, -0.2) is 0 Å². The van der Waals surface area contributed by atoms with Gasteiger partial charge in [0.1, 0.15) is 5.75 Å². The highest BCUT2D eigenvalue weighted by Crippen LogP contribution is 2.21. The number of aromatic hydroxyl groups is 1. The molecule has 25 heavy (non-hydrogen) atoms. The summed E-state index contributed by atoms with van der Waals surface area (Å²) >= 11 is 0.